The average molecular weight is 265 g/mol. The number of methoxy groups -OCH3 is 1. The predicted molar refractivity (Wildman–Crippen MR) is 67.5 cm³/mol. The first-order chi connectivity index (χ1) is 8.52. The van der Waals surface area contributed by atoms with Gasteiger partial charge in [0.05, 0.1) is 18.4 Å². The van der Waals surface area contributed by atoms with Crippen LogP contribution in [0.3, 0.4) is 0 Å². The third kappa shape index (κ3) is 2.14. The highest BCUT2D eigenvalue weighted by molar-refractivity contribution is 7.17. The van der Waals surface area contributed by atoms with Gasteiger partial charge in [-0.15, -0.1) is 11.3 Å². The highest BCUT2D eigenvalue weighted by atomic mass is 32.1. The standard InChI is InChI=1S/C12H11NO4S/c1-6-10(12(15)16)18-11(13-6)8-4-3-7(17-2)5-9(8)14/h3-5,14H,1-2H3,(H,15,16). The van der Waals surface area contributed by atoms with Crippen LogP contribution in [0.15, 0.2) is 18.2 Å². The monoisotopic (exact) mass is 265 g/mol. The molecule has 0 saturated carbocycles. The van der Waals surface area contributed by atoms with Gasteiger partial charge in [-0.3, -0.25) is 0 Å². The van der Waals surface area contributed by atoms with Gasteiger partial charge in [-0.05, 0) is 19.1 Å². The number of aromatic nitrogens is 1. The van der Waals surface area contributed by atoms with Gasteiger partial charge in [0.2, 0.25) is 0 Å². The third-order valence-electron chi connectivity index (χ3n) is 2.43. The van der Waals surface area contributed by atoms with Crippen LogP contribution in [0.25, 0.3) is 10.6 Å². The summed E-state index contributed by atoms with van der Waals surface area (Å²) in [6.07, 6.45) is 0. The van der Waals surface area contributed by atoms with Crippen molar-refractivity contribution < 1.29 is 19.7 Å². The Morgan fingerprint density at radius 1 is 1.44 bits per heavy atom. The van der Waals surface area contributed by atoms with Gasteiger partial charge < -0.3 is 14.9 Å². The summed E-state index contributed by atoms with van der Waals surface area (Å²) in [5.74, 6) is -0.465. The number of nitrogens with zero attached hydrogens (tertiary/aromatic N) is 1. The lowest BCUT2D eigenvalue weighted by Gasteiger charge is -2.03. The molecule has 1 heterocycles. The SMILES string of the molecule is COc1ccc(-c2nc(C)c(C(=O)O)s2)c(O)c1. The number of aromatic carboxylic acids is 1. The molecule has 0 bridgehead atoms. The van der Waals surface area contributed by atoms with E-state index in [-0.39, 0.29) is 10.6 Å². The van der Waals surface area contributed by atoms with E-state index >= 15 is 0 Å². The Balaban J connectivity index is 2.49. The molecule has 1 aromatic carbocycles. The van der Waals surface area contributed by atoms with E-state index in [1.54, 1.807) is 19.1 Å². The maximum Gasteiger partial charge on any atom is 0.347 e. The van der Waals surface area contributed by atoms with Crippen LogP contribution in [0, 0.1) is 6.92 Å². The van der Waals surface area contributed by atoms with Crippen LogP contribution in [0.5, 0.6) is 11.5 Å². The van der Waals surface area contributed by atoms with Crippen LogP contribution in [0.2, 0.25) is 0 Å². The molecule has 0 aliphatic carbocycles. The lowest BCUT2D eigenvalue weighted by atomic mass is 10.2. The van der Waals surface area contributed by atoms with Gasteiger partial charge in [-0.1, -0.05) is 0 Å². The lowest BCUT2D eigenvalue weighted by molar-refractivity contribution is 0.0701. The highest BCUT2D eigenvalue weighted by Crippen LogP contribution is 2.35. The van der Waals surface area contributed by atoms with Crippen molar-refractivity contribution in [2.75, 3.05) is 7.11 Å². The summed E-state index contributed by atoms with van der Waals surface area (Å²) < 4.78 is 4.98. The third-order valence-corrected chi connectivity index (χ3v) is 3.60. The van der Waals surface area contributed by atoms with E-state index < -0.39 is 5.97 Å². The van der Waals surface area contributed by atoms with Crippen LogP contribution >= 0.6 is 11.3 Å². The fourth-order valence-electron chi connectivity index (χ4n) is 1.53. The lowest BCUT2D eigenvalue weighted by Crippen LogP contribution is -1.94. The van der Waals surface area contributed by atoms with Crippen molar-refractivity contribution in [3.8, 4) is 22.1 Å². The van der Waals surface area contributed by atoms with Gasteiger partial charge in [0.1, 0.15) is 21.4 Å². The molecule has 2 aromatic rings. The van der Waals surface area contributed by atoms with E-state index in [1.807, 2.05) is 0 Å². The molecule has 0 spiro atoms. The molecule has 18 heavy (non-hydrogen) atoms. The minimum atomic E-state index is -1.01. The molecule has 94 valence electrons. The molecule has 0 fully saturated rings. The van der Waals surface area contributed by atoms with Gasteiger partial charge in [-0.25, -0.2) is 9.78 Å². The Bertz CT molecular complexity index is 606. The number of hydrogen-bond acceptors (Lipinski definition) is 5. The van der Waals surface area contributed by atoms with Gasteiger partial charge in [0.15, 0.2) is 0 Å². The first-order valence-corrected chi connectivity index (χ1v) is 5.92. The number of ether oxygens (including phenoxy) is 1. The normalized spacial score (nSPS) is 10.3. The number of carboxylic acid groups (broad SMARTS) is 1. The maximum absolute atomic E-state index is 10.9. The first-order valence-electron chi connectivity index (χ1n) is 5.11. The van der Waals surface area contributed by atoms with E-state index in [0.717, 1.165) is 11.3 Å². The van der Waals surface area contributed by atoms with Crippen molar-refractivity contribution >= 4 is 17.3 Å². The molecular weight excluding hydrogens is 254 g/mol. The fourth-order valence-corrected chi connectivity index (χ4v) is 2.47. The topological polar surface area (TPSA) is 79.7 Å². The number of phenolic OH excluding ortho intramolecular Hbond substituents is 1. The van der Waals surface area contributed by atoms with Crippen molar-refractivity contribution in [3.05, 3.63) is 28.8 Å². The summed E-state index contributed by atoms with van der Waals surface area (Å²) in [6.45, 7) is 1.63. The minimum Gasteiger partial charge on any atom is -0.507 e. The molecule has 1 aromatic heterocycles. The predicted octanol–water partition coefficient (Wildman–Crippen LogP) is 2.53. The molecule has 0 aliphatic heterocycles. The van der Waals surface area contributed by atoms with Gasteiger partial charge in [-0.2, -0.15) is 0 Å². The molecule has 0 aliphatic rings. The number of benzene rings is 1. The van der Waals surface area contributed by atoms with Crippen molar-refractivity contribution in [1.82, 2.24) is 4.98 Å². The number of carboxylic acids is 1. The fraction of sp³-hybridized carbons (Fsp3) is 0.167. The van der Waals surface area contributed by atoms with Crippen LogP contribution in [0.4, 0.5) is 0 Å². The smallest absolute Gasteiger partial charge is 0.347 e. The molecule has 2 N–H and O–H groups in total. The van der Waals surface area contributed by atoms with Crippen LogP contribution in [-0.2, 0) is 0 Å². The average Bonchev–Trinajstić information content (AvgIpc) is 2.71. The molecule has 0 unspecified atom stereocenters. The quantitative estimate of drug-likeness (QED) is 0.891. The molecule has 2 rings (SSSR count). The van der Waals surface area contributed by atoms with E-state index in [2.05, 4.69) is 4.98 Å². The molecular formula is C12H11NO4S. The second-order valence-corrected chi connectivity index (χ2v) is 4.62. The summed E-state index contributed by atoms with van der Waals surface area (Å²) in [5.41, 5.74) is 0.939. The molecule has 5 nitrogen and oxygen atoms in total. The Kier molecular flexibility index (Phi) is 3.20. The number of carbonyl (C=O) groups is 1. The van der Waals surface area contributed by atoms with Crippen molar-refractivity contribution in [2.24, 2.45) is 0 Å². The van der Waals surface area contributed by atoms with Gasteiger partial charge in [0.25, 0.3) is 0 Å². The van der Waals surface area contributed by atoms with Crippen LogP contribution in [-0.4, -0.2) is 28.3 Å². The van der Waals surface area contributed by atoms with Gasteiger partial charge in [0, 0.05) is 6.07 Å². The van der Waals surface area contributed by atoms with E-state index in [9.17, 15) is 9.90 Å². The first kappa shape index (κ1) is 12.4. The molecule has 0 saturated heterocycles. The van der Waals surface area contributed by atoms with Gasteiger partial charge >= 0.3 is 5.97 Å². The maximum atomic E-state index is 10.9. The number of rotatable bonds is 3. The van der Waals surface area contributed by atoms with Crippen LogP contribution in [0.1, 0.15) is 15.4 Å². The van der Waals surface area contributed by atoms with E-state index in [4.69, 9.17) is 9.84 Å². The molecule has 6 heteroatoms. The van der Waals surface area contributed by atoms with E-state index in [0.29, 0.717) is 22.0 Å². The summed E-state index contributed by atoms with van der Waals surface area (Å²) in [7, 11) is 1.50. The molecule has 0 radical (unpaired) electrons. The number of phenols is 1. The number of aromatic hydroxyl groups is 1. The largest absolute Gasteiger partial charge is 0.507 e. The Morgan fingerprint density at radius 2 is 2.17 bits per heavy atom. The van der Waals surface area contributed by atoms with E-state index in [1.165, 1.54) is 13.2 Å². The second kappa shape index (κ2) is 4.66. The van der Waals surface area contributed by atoms with Crippen molar-refractivity contribution in [2.45, 2.75) is 6.92 Å². The Hall–Kier alpha value is -2.08. The Labute approximate surface area is 107 Å². The number of thiazole rings is 1. The summed E-state index contributed by atoms with van der Waals surface area (Å²) in [5, 5.41) is 19.3. The summed E-state index contributed by atoms with van der Waals surface area (Å²) >= 11 is 1.04. The zero-order valence-electron chi connectivity index (χ0n) is 9.80. The van der Waals surface area contributed by atoms with Crippen molar-refractivity contribution in [1.29, 1.82) is 0 Å². The Morgan fingerprint density at radius 3 is 2.67 bits per heavy atom. The molecule has 0 atom stereocenters. The molecule has 0 amide bonds. The van der Waals surface area contributed by atoms with Crippen LogP contribution < -0.4 is 4.74 Å². The summed E-state index contributed by atoms with van der Waals surface area (Å²) in [6, 6.07) is 4.80. The zero-order chi connectivity index (χ0) is 13.3. The summed E-state index contributed by atoms with van der Waals surface area (Å²) in [4.78, 5) is 15.3. The number of aryl methyl sites for hydroxylation is 1. The zero-order valence-corrected chi connectivity index (χ0v) is 10.6. The number of hydrogen-bond donors (Lipinski definition) is 2. The minimum absolute atomic E-state index is 0.0139. The van der Waals surface area contributed by atoms with Crippen molar-refractivity contribution in [3.63, 3.8) is 0 Å². The second-order valence-electron chi connectivity index (χ2n) is 3.62. The highest BCUT2D eigenvalue weighted by Gasteiger charge is 2.17.